The first kappa shape index (κ1) is 23.0. The molecule has 2 aromatic rings. The molecule has 0 saturated carbocycles. The lowest BCUT2D eigenvalue weighted by Gasteiger charge is -2.35. The number of anilines is 2. The van der Waals surface area contributed by atoms with Crippen molar-refractivity contribution in [2.75, 3.05) is 64.2 Å². The molecule has 0 radical (unpaired) electrons. The summed E-state index contributed by atoms with van der Waals surface area (Å²) in [5.41, 5.74) is 3.10. The lowest BCUT2D eigenvalue weighted by Crippen LogP contribution is -2.45. The van der Waals surface area contributed by atoms with Gasteiger partial charge in [0.25, 0.3) is 0 Å². The van der Waals surface area contributed by atoms with E-state index in [0.717, 1.165) is 42.5 Å². The standard InChI is InChI=1S/C23H32ClN5O2/c1-5-31-22-15-17(9-10-21(22)30-4)27-23(25-2)26-16-18-19(24)7-6-8-20(18)29-13-11-28(3)12-14-29/h6-10,15H,5,11-14,16H2,1-4H3,(H2,25,26,27). The van der Waals surface area contributed by atoms with Crippen molar-refractivity contribution in [3.05, 3.63) is 47.0 Å². The monoisotopic (exact) mass is 445 g/mol. The van der Waals surface area contributed by atoms with Gasteiger partial charge in [-0.05, 0) is 38.2 Å². The Morgan fingerprint density at radius 3 is 2.58 bits per heavy atom. The van der Waals surface area contributed by atoms with Crippen molar-refractivity contribution in [1.29, 1.82) is 0 Å². The molecule has 31 heavy (non-hydrogen) atoms. The second-order valence-electron chi connectivity index (χ2n) is 7.38. The summed E-state index contributed by atoms with van der Waals surface area (Å²) in [6, 6.07) is 11.8. The highest BCUT2D eigenvalue weighted by Gasteiger charge is 2.18. The first-order valence-corrected chi connectivity index (χ1v) is 10.9. The van der Waals surface area contributed by atoms with Crippen LogP contribution in [0.2, 0.25) is 5.02 Å². The van der Waals surface area contributed by atoms with E-state index in [2.05, 4.69) is 38.5 Å². The zero-order valence-corrected chi connectivity index (χ0v) is 19.5. The highest BCUT2D eigenvalue weighted by molar-refractivity contribution is 6.31. The molecule has 0 unspecified atom stereocenters. The Hall–Kier alpha value is -2.64. The summed E-state index contributed by atoms with van der Waals surface area (Å²) in [5.74, 6) is 2.04. The highest BCUT2D eigenvalue weighted by Crippen LogP contribution is 2.31. The Morgan fingerprint density at radius 2 is 1.90 bits per heavy atom. The number of benzene rings is 2. The Bertz CT molecular complexity index is 898. The van der Waals surface area contributed by atoms with Crippen LogP contribution in [-0.4, -0.2) is 64.9 Å². The first-order chi connectivity index (χ1) is 15.0. The number of halogens is 1. The molecule has 1 saturated heterocycles. The average molecular weight is 446 g/mol. The van der Waals surface area contributed by atoms with Crippen molar-refractivity contribution in [3.63, 3.8) is 0 Å². The van der Waals surface area contributed by atoms with Gasteiger partial charge in [0, 0.05) is 67.8 Å². The van der Waals surface area contributed by atoms with Gasteiger partial charge in [-0.15, -0.1) is 0 Å². The molecule has 1 aliphatic heterocycles. The third kappa shape index (κ3) is 5.95. The van der Waals surface area contributed by atoms with Crippen molar-refractivity contribution in [3.8, 4) is 11.5 Å². The molecule has 168 valence electrons. The zero-order chi connectivity index (χ0) is 22.2. The predicted molar refractivity (Wildman–Crippen MR) is 129 cm³/mol. The van der Waals surface area contributed by atoms with Gasteiger partial charge in [0.2, 0.25) is 0 Å². The zero-order valence-electron chi connectivity index (χ0n) is 18.7. The Balaban J connectivity index is 1.71. The normalized spacial score (nSPS) is 15.0. The molecule has 0 aliphatic carbocycles. The summed E-state index contributed by atoms with van der Waals surface area (Å²) in [6.07, 6.45) is 0. The van der Waals surface area contributed by atoms with Gasteiger partial charge in [0.15, 0.2) is 17.5 Å². The average Bonchev–Trinajstić information content (AvgIpc) is 2.78. The molecule has 1 aliphatic rings. The van der Waals surface area contributed by atoms with E-state index in [1.54, 1.807) is 14.2 Å². The quantitative estimate of drug-likeness (QED) is 0.500. The van der Waals surface area contributed by atoms with E-state index in [0.29, 0.717) is 30.6 Å². The molecule has 0 atom stereocenters. The van der Waals surface area contributed by atoms with Crippen LogP contribution in [-0.2, 0) is 6.54 Å². The van der Waals surface area contributed by atoms with E-state index >= 15 is 0 Å². The van der Waals surface area contributed by atoms with Gasteiger partial charge >= 0.3 is 0 Å². The predicted octanol–water partition coefficient (Wildman–Crippen LogP) is 3.69. The minimum atomic E-state index is 0.564. The van der Waals surface area contributed by atoms with Gasteiger partial charge in [0.05, 0.1) is 13.7 Å². The van der Waals surface area contributed by atoms with Crippen molar-refractivity contribution in [1.82, 2.24) is 10.2 Å². The van der Waals surface area contributed by atoms with E-state index in [9.17, 15) is 0 Å². The van der Waals surface area contributed by atoms with Gasteiger partial charge in [-0.2, -0.15) is 0 Å². The summed E-state index contributed by atoms with van der Waals surface area (Å²) in [6.45, 7) is 7.14. The van der Waals surface area contributed by atoms with E-state index in [-0.39, 0.29) is 0 Å². The van der Waals surface area contributed by atoms with Gasteiger partial charge in [-0.1, -0.05) is 17.7 Å². The van der Waals surface area contributed by atoms with Crippen LogP contribution in [0.3, 0.4) is 0 Å². The molecular weight excluding hydrogens is 414 g/mol. The van der Waals surface area contributed by atoms with Gasteiger partial charge in [0.1, 0.15) is 0 Å². The summed E-state index contributed by atoms with van der Waals surface area (Å²) in [7, 11) is 5.53. The molecule has 0 aromatic heterocycles. The van der Waals surface area contributed by atoms with Crippen LogP contribution < -0.4 is 25.0 Å². The van der Waals surface area contributed by atoms with Gasteiger partial charge in [-0.3, -0.25) is 4.99 Å². The molecule has 7 nitrogen and oxygen atoms in total. The molecule has 2 aromatic carbocycles. The number of hydrogen-bond donors (Lipinski definition) is 2. The smallest absolute Gasteiger partial charge is 0.195 e. The third-order valence-electron chi connectivity index (χ3n) is 5.32. The fraction of sp³-hybridized carbons (Fsp3) is 0.435. The van der Waals surface area contributed by atoms with Crippen LogP contribution in [0.1, 0.15) is 12.5 Å². The Labute approximate surface area is 190 Å². The molecule has 3 rings (SSSR count). The number of hydrogen-bond acceptors (Lipinski definition) is 5. The van der Waals surface area contributed by atoms with E-state index in [1.165, 1.54) is 5.69 Å². The number of piperazine rings is 1. The number of nitrogens with zero attached hydrogens (tertiary/aromatic N) is 3. The maximum absolute atomic E-state index is 6.59. The minimum absolute atomic E-state index is 0.564. The minimum Gasteiger partial charge on any atom is -0.493 e. The topological polar surface area (TPSA) is 61.4 Å². The number of nitrogens with one attached hydrogen (secondary N) is 2. The van der Waals surface area contributed by atoms with Gasteiger partial charge in [-0.25, -0.2) is 0 Å². The molecule has 1 heterocycles. The molecule has 2 N–H and O–H groups in total. The molecule has 0 bridgehead atoms. The lowest BCUT2D eigenvalue weighted by atomic mass is 10.1. The fourth-order valence-corrected chi connectivity index (χ4v) is 3.81. The molecular formula is C23H32ClN5O2. The largest absolute Gasteiger partial charge is 0.493 e. The van der Waals surface area contributed by atoms with Crippen LogP contribution in [0.25, 0.3) is 0 Å². The number of guanidine groups is 1. The Morgan fingerprint density at radius 1 is 1.13 bits per heavy atom. The van der Waals surface area contributed by atoms with Gasteiger partial charge < -0.3 is 29.9 Å². The molecule has 0 spiro atoms. The third-order valence-corrected chi connectivity index (χ3v) is 5.67. The van der Waals surface area contributed by atoms with Crippen molar-refractivity contribution in [2.45, 2.75) is 13.5 Å². The highest BCUT2D eigenvalue weighted by atomic mass is 35.5. The van der Waals surface area contributed by atoms with Crippen molar-refractivity contribution < 1.29 is 9.47 Å². The maximum Gasteiger partial charge on any atom is 0.195 e. The SMILES string of the molecule is CCOc1cc(NC(=NC)NCc2c(Cl)cccc2N2CCN(C)CC2)ccc1OC. The number of ether oxygens (including phenoxy) is 2. The Kier molecular flexibility index (Phi) is 8.26. The summed E-state index contributed by atoms with van der Waals surface area (Å²) in [5, 5.41) is 7.45. The number of methoxy groups -OCH3 is 1. The van der Waals surface area contributed by atoms with E-state index in [1.807, 2.05) is 37.3 Å². The number of rotatable bonds is 7. The molecule has 8 heteroatoms. The molecule has 1 fully saturated rings. The van der Waals surface area contributed by atoms with E-state index in [4.69, 9.17) is 21.1 Å². The number of likely N-dealkylation sites (N-methyl/N-ethyl adjacent to an activating group) is 1. The summed E-state index contributed by atoms with van der Waals surface area (Å²) >= 11 is 6.59. The van der Waals surface area contributed by atoms with Crippen LogP contribution in [0.15, 0.2) is 41.4 Å². The summed E-state index contributed by atoms with van der Waals surface area (Å²) < 4.78 is 11.0. The molecule has 0 amide bonds. The number of aliphatic imine (C=N–C) groups is 1. The van der Waals surface area contributed by atoms with Crippen LogP contribution >= 0.6 is 11.6 Å². The van der Waals surface area contributed by atoms with Crippen LogP contribution in [0.4, 0.5) is 11.4 Å². The second kappa shape index (κ2) is 11.1. The fourth-order valence-electron chi connectivity index (χ4n) is 3.58. The maximum atomic E-state index is 6.59. The van der Waals surface area contributed by atoms with Crippen LogP contribution in [0, 0.1) is 0 Å². The van der Waals surface area contributed by atoms with Crippen molar-refractivity contribution in [2.24, 2.45) is 4.99 Å². The van der Waals surface area contributed by atoms with E-state index < -0.39 is 0 Å². The first-order valence-electron chi connectivity index (χ1n) is 10.5. The lowest BCUT2D eigenvalue weighted by molar-refractivity contribution is 0.311. The summed E-state index contributed by atoms with van der Waals surface area (Å²) in [4.78, 5) is 9.10. The second-order valence-corrected chi connectivity index (χ2v) is 7.78. The van der Waals surface area contributed by atoms with Crippen LogP contribution in [0.5, 0.6) is 11.5 Å². The van der Waals surface area contributed by atoms with Crippen molar-refractivity contribution >= 4 is 28.9 Å².